The number of hydrogen-bond acceptors (Lipinski definition) is 4. The summed E-state index contributed by atoms with van der Waals surface area (Å²) in [6.07, 6.45) is -1.87. The molecular weight excluding hydrogens is 349 g/mol. The van der Waals surface area contributed by atoms with E-state index in [0.717, 1.165) is 25.7 Å². The third-order valence-electron chi connectivity index (χ3n) is 3.21. The van der Waals surface area contributed by atoms with E-state index in [-0.39, 0.29) is 11.3 Å². The summed E-state index contributed by atoms with van der Waals surface area (Å²) in [5.41, 5.74) is -0.0125. The second-order valence-electron chi connectivity index (χ2n) is 6.90. The predicted octanol–water partition coefficient (Wildman–Crippen LogP) is 5.08. The van der Waals surface area contributed by atoms with Crippen LogP contribution in [0.15, 0.2) is 24.3 Å². The van der Waals surface area contributed by atoms with Crippen LogP contribution in [0.3, 0.4) is 0 Å². The Bertz CT molecular complexity index is 557. The van der Waals surface area contributed by atoms with Gasteiger partial charge in [0.1, 0.15) is 0 Å². The number of alkyl halides is 3. The fourth-order valence-electron chi connectivity index (χ4n) is 2.14. The van der Waals surface area contributed by atoms with Gasteiger partial charge in [0.15, 0.2) is 5.75 Å². The molecule has 1 amide bonds. The van der Waals surface area contributed by atoms with E-state index >= 15 is 0 Å². The SMILES string of the molecule is CC(C)(C)NC(=O)OCCCCCCNc1ccccc1OC(F)(F)F. The molecule has 148 valence electrons. The first kappa shape index (κ1) is 21.9. The maximum absolute atomic E-state index is 12.3. The number of carbonyl (C=O) groups excluding carboxylic acids is 1. The van der Waals surface area contributed by atoms with Gasteiger partial charge in [0, 0.05) is 12.1 Å². The van der Waals surface area contributed by atoms with Gasteiger partial charge in [0.05, 0.1) is 12.3 Å². The number of hydrogen-bond donors (Lipinski definition) is 2. The second kappa shape index (κ2) is 10.1. The van der Waals surface area contributed by atoms with E-state index in [4.69, 9.17) is 4.74 Å². The van der Waals surface area contributed by atoms with Crippen LogP contribution in [0.4, 0.5) is 23.7 Å². The number of alkyl carbamates (subject to hydrolysis) is 1. The van der Waals surface area contributed by atoms with Crippen molar-refractivity contribution < 1.29 is 27.4 Å². The molecule has 0 unspecified atom stereocenters. The minimum atomic E-state index is -4.71. The molecule has 0 aliphatic carbocycles. The van der Waals surface area contributed by atoms with Crippen LogP contribution < -0.4 is 15.4 Å². The van der Waals surface area contributed by atoms with Gasteiger partial charge in [-0.15, -0.1) is 13.2 Å². The Morgan fingerprint density at radius 3 is 2.35 bits per heavy atom. The third kappa shape index (κ3) is 10.7. The lowest BCUT2D eigenvalue weighted by Crippen LogP contribution is -2.41. The van der Waals surface area contributed by atoms with Crippen LogP contribution in [-0.2, 0) is 4.74 Å². The molecule has 0 radical (unpaired) electrons. The highest BCUT2D eigenvalue weighted by atomic mass is 19.4. The summed E-state index contributed by atoms with van der Waals surface area (Å²) >= 11 is 0. The van der Waals surface area contributed by atoms with Gasteiger partial charge in [-0.25, -0.2) is 4.79 Å². The second-order valence-corrected chi connectivity index (χ2v) is 6.90. The van der Waals surface area contributed by atoms with Crippen molar-refractivity contribution >= 4 is 11.8 Å². The molecule has 5 nitrogen and oxygen atoms in total. The van der Waals surface area contributed by atoms with Gasteiger partial charge in [-0.05, 0) is 52.2 Å². The summed E-state index contributed by atoms with van der Waals surface area (Å²) in [7, 11) is 0. The molecule has 0 aliphatic rings. The van der Waals surface area contributed by atoms with Crippen LogP contribution in [0, 0.1) is 0 Å². The molecule has 26 heavy (non-hydrogen) atoms. The zero-order valence-corrected chi connectivity index (χ0v) is 15.4. The largest absolute Gasteiger partial charge is 0.573 e. The summed E-state index contributed by atoms with van der Waals surface area (Å²) in [4.78, 5) is 11.4. The maximum Gasteiger partial charge on any atom is 0.573 e. The number of para-hydroxylation sites is 2. The molecule has 8 heteroatoms. The first-order valence-corrected chi connectivity index (χ1v) is 8.60. The van der Waals surface area contributed by atoms with Crippen LogP contribution in [-0.4, -0.2) is 31.1 Å². The van der Waals surface area contributed by atoms with Crippen molar-refractivity contribution in [1.82, 2.24) is 5.32 Å². The van der Waals surface area contributed by atoms with Gasteiger partial charge < -0.3 is 20.1 Å². The van der Waals surface area contributed by atoms with Crippen molar-refractivity contribution in [2.45, 2.75) is 58.4 Å². The zero-order valence-electron chi connectivity index (χ0n) is 15.4. The first-order valence-electron chi connectivity index (χ1n) is 8.60. The quantitative estimate of drug-likeness (QED) is 0.590. The number of rotatable bonds is 9. The number of carbonyl (C=O) groups is 1. The normalized spacial score (nSPS) is 11.8. The summed E-state index contributed by atoms with van der Waals surface area (Å²) < 4.78 is 46.1. The predicted molar refractivity (Wildman–Crippen MR) is 94.3 cm³/mol. The van der Waals surface area contributed by atoms with Crippen molar-refractivity contribution in [1.29, 1.82) is 0 Å². The van der Waals surface area contributed by atoms with Crippen LogP contribution in [0.25, 0.3) is 0 Å². The van der Waals surface area contributed by atoms with Crippen molar-refractivity contribution in [3.8, 4) is 5.75 Å². The molecule has 1 aromatic carbocycles. The van der Waals surface area contributed by atoms with Gasteiger partial charge in [-0.1, -0.05) is 18.6 Å². The topological polar surface area (TPSA) is 59.6 Å². The highest BCUT2D eigenvalue weighted by Gasteiger charge is 2.32. The molecule has 0 spiro atoms. The lowest BCUT2D eigenvalue weighted by molar-refractivity contribution is -0.274. The van der Waals surface area contributed by atoms with Gasteiger partial charge >= 0.3 is 12.5 Å². The molecule has 0 saturated carbocycles. The van der Waals surface area contributed by atoms with E-state index < -0.39 is 12.5 Å². The van der Waals surface area contributed by atoms with Gasteiger partial charge in [-0.2, -0.15) is 0 Å². The molecule has 0 heterocycles. The summed E-state index contributed by atoms with van der Waals surface area (Å²) in [5, 5.41) is 5.66. The Morgan fingerprint density at radius 1 is 1.04 bits per heavy atom. The molecular formula is C18H27F3N2O3. The first-order chi connectivity index (χ1) is 12.1. The Hall–Kier alpha value is -2.12. The Labute approximate surface area is 152 Å². The molecule has 0 fully saturated rings. The number of anilines is 1. The number of nitrogens with one attached hydrogen (secondary N) is 2. The molecule has 1 rings (SSSR count). The molecule has 2 N–H and O–H groups in total. The lowest BCUT2D eigenvalue weighted by atomic mass is 10.1. The maximum atomic E-state index is 12.3. The van der Waals surface area contributed by atoms with E-state index in [2.05, 4.69) is 15.4 Å². The summed E-state index contributed by atoms with van der Waals surface area (Å²) in [6.45, 7) is 6.50. The van der Waals surface area contributed by atoms with Crippen LogP contribution in [0.1, 0.15) is 46.5 Å². The van der Waals surface area contributed by atoms with E-state index in [1.165, 1.54) is 12.1 Å². The highest BCUT2D eigenvalue weighted by molar-refractivity contribution is 5.68. The third-order valence-corrected chi connectivity index (χ3v) is 3.21. The van der Waals surface area contributed by atoms with Crippen LogP contribution >= 0.6 is 0 Å². The minimum Gasteiger partial charge on any atom is -0.450 e. The number of halogens is 3. The van der Waals surface area contributed by atoms with Crippen molar-refractivity contribution in [2.24, 2.45) is 0 Å². The van der Waals surface area contributed by atoms with Crippen LogP contribution in [0.5, 0.6) is 5.75 Å². The highest BCUT2D eigenvalue weighted by Crippen LogP contribution is 2.29. The smallest absolute Gasteiger partial charge is 0.450 e. The Morgan fingerprint density at radius 2 is 1.69 bits per heavy atom. The van der Waals surface area contributed by atoms with Crippen LogP contribution in [0.2, 0.25) is 0 Å². The zero-order chi connectivity index (χ0) is 19.6. The number of unbranched alkanes of at least 4 members (excludes halogenated alkanes) is 3. The number of ether oxygens (including phenoxy) is 2. The van der Waals surface area contributed by atoms with Gasteiger partial charge in [-0.3, -0.25) is 0 Å². The molecule has 1 aromatic rings. The minimum absolute atomic E-state index is 0.238. The molecule has 0 saturated heterocycles. The van der Waals surface area contributed by atoms with E-state index in [9.17, 15) is 18.0 Å². The Kier molecular flexibility index (Phi) is 8.54. The summed E-state index contributed by atoms with van der Waals surface area (Å²) in [5.74, 6) is -0.238. The average Bonchev–Trinajstić information content (AvgIpc) is 2.48. The van der Waals surface area contributed by atoms with Gasteiger partial charge in [0.25, 0.3) is 0 Å². The number of amides is 1. The molecule has 0 aromatic heterocycles. The fraction of sp³-hybridized carbons (Fsp3) is 0.611. The van der Waals surface area contributed by atoms with E-state index in [1.54, 1.807) is 12.1 Å². The van der Waals surface area contributed by atoms with Gasteiger partial charge in [0.2, 0.25) is 0 Å². The standard InChI is InChI=1S/C18H27F3N2O3/c1-17(2,3)23-16(24)25-13-9-5-4-8-12-22-14-10-6-7-11-15(14)26-18(19,20)21/h6-7,10-11,22H,4-5,8-9,12-13H2,1-3H3,(H,23,24). The van der Waals surface area contributed by atoms with Crippen molar-refractivity contribution in [3.05, 3.63) is 24.3 Å². The lowest BCUT2D eigenvalue weighted by Gasteiger charge is -2.19. The molecule has 0 bridgehead atoms. The summed E-state index contributed by atoms with van der Waals surface area (Å²) in [6, 6.07) is 5.95. The average molecular weight is 376 g/mol. The number of benzene rings is 1. The molecule has 0 atom stereocenters. The monoisotopic (exact) mass is 376 g/mol. The van der Waals surface area contributed by atoms with E-state index in [1.807, 2.05) is 20.8 Å². The fourth-order valence-corrected chi connectivity index (χ4v) is 2.14. The molecule has 0 aliphatic heterocycles. The van der Waals surface area contributed by atoms with Crippen molar-refractivity contribution in [2.75, 3.05) is 18.5 Å². The van der Waals surface area contributed by atoms with Crippen molar-refractivity contribution in [3.63, 3.8) is 0 Å². The Balaban J connectivity index is 2.16. The van der Waals surface area contributed by atoms with E-state index in [0.29, 0.717) is 18.8 Å².